The number of anilines is 1. The van der Waals surface area contributed by atoms with Gasteiger partial charge in [0.15, 0.2) is 5.96 Å². The van der Waals surface area contributed by atoms with Crippen molar-refractivity contribution in [2.45, 2.75) is 38.6 Å². The van der Waals surface area contributed by atoms with Gasteiger partial charge in [-0.1, -0.05) is 18.6 Å². The molecule has 3 N–H and O–H groups in total. The zero-order valence-corrected chi connectivity index (χ0v) is 17.0. The van der Waals surface area contributed by atoms with Gasteiger partial charge in [-0.3, -0.25) is 4.99 Å². The number of nitrogens with zero attached hydrogens (tertiary/aromatic N) is 3. The minimum Gasteiger partial charge on any atom is -0.355 e. The molecule has 2 aliphatic rings. The van der Waals surface area contributed by atoms with E-state index in [2.05, 4.69) is 31.9 Å². The summed E-state index contributed by atoms with van der Waals surface area (Å²) in [6, 6.07) is 7.98. The highest BCUT2D eigenvalue weighted by Gasteiger charge is 2.17. The Balaban J connectivity index is 1.41. The third-order valence-corrected chi connectivity index (χ3v) is 5.42. The van der Waals surface area contributed by atoms with E-state index in [0.29, 0.717) is 6.54 Å². The van der Waals surface area contributed by atoms with Crippen LogP contribution in [0.5, 0.6) is 0 Å². The molecule has 2 amide bonds. The van der Waals surface area contributed by atoms with Crippen molar-refractivity contribution < 1.29 is 4.79 Å². The van der Waals surface area contributed by atoms with Crippen LogP contribution in [-0.2, 0) is 6.54 Å². The van der Waals surface area contributed by atoms with Crippen molar-refractivity contribution in [2.24, 2.45) is 4.99 Å². The second kappa shape index (κ2) is 10.9. The van der Waals surface area contributed by atoms with E-state index >= 15 is 0 Å². The van der Waals surface area contributed by atoms with Crippen LogP contribution in [0.2, 0.25) is 0 Å². The van der Waals surface area contributed by atoms with E-state index in [1.807, 2.05) is 23.1 Å². The molecule has 2 saturated heterocycles. The van der Waals surface area contributed by atoms with Crippen LogP contribution >= 0.6 is 0 Å². The zero-order valence-electron chi connectivity index (χ0n) is 17.0. The molecule has 0 aromatic heterocycles. The quantitative estimate of drug-likeness (QED) is 0.519. The van der Waals surface area contributed by atoms with Gasteiger partial charge in [-0.05, 0) is 56.5 Å². The molecule has 0 aliphatic carbocycles. The average Bonchev–Trinajstić information content (AvgIpc) is 3.27. The molecule has 0 unspecified atom stereocenters. The predicted octanol–water partition coefficient (Wildman–Crippen LogP) is 2.47. The Bertz CT molecular complexity index is 650. The van der Waals surface area contributed by atoms with Gasteiger partial charge in [0.25, 0.3) is 0 Å². The summed E-state index contributed by atoms with van der Waals surface area (Å²) in [5.41, 5.74) is 1.95. The molecular formula is C21H34N6O. The Hall–Kier alpha value is -2.28. The van der Waals surface area contributed by atoms with Gasteiger partial charge in [0.2, 0.25) is 0 Å². The first-order valence-electron chi connectivity index (χ1n) is 10.6. The molecule has 0 atom stereocenters. The average molecular weight is 387 g/mol. The summed E-state index contributed by atoms with van der Waals surface area (Å²) in [4.78, 5) is 20.9. The number of hydrogen-bond donors (Lipinski definition) is 3. The second-order valence-corrected chi connectivity index (χ2v) is 7.58. The maximum Gasteiger partial charge on any atom is 0.321 e. The lowest BCUT2D eigenvalue weighted by Crippen LogP contribution is -2.42. The third-order valence-electron chi connectivity index (χ3n) is 5.42. The summed E-state index contributed by atoms with van der Waals surface area (Å²) in [7, 11) is 1.79. The van der Waals surface area contributed by atoms with E-state index in [4.69, 9.17) is 0 Å². The summed E-state index contributed by atoms with van der Waals surface area (Å²) >= 11 is 0. The van der Waals surface area contributed by atoms with Gasteiger partial charge < -0.3 is 25.8 Å². The Morgan fingerprint density at radius 1 is 1.04 bits per heavy atom. The number of carbonyl (C=O) groups is 1. The van der Waals surface area contributed by atoms with Crippen molar-refractivity contribution in [3.05, 3.63) is 29.8 Å². The van der Waals surface area contributed by atoms with Crippen molar-refractivity contribution in [1.82, 2.24) is 20.4 Å². The first-order chi connectivity index (χ1) is 13.7. The number of guanidine groups is 1. The summed E-state index contributed by atoms with van der Waals surface area (Å²) in [5.74, 6) is 0.809. The molecule has 154 valence electrons. The Kier molecular flexibility index (Phi) is 7.96. The van der Waals surface area contributed by atoms with Gasteiger partial charge in [0.1, 0.15) is 0 Å². The normalized spacial score (nSPS) is 18.2. The minimum atomic E-state index is -0.00204. The molecule has 2 fully saturated rings. The number of urea groups is 1. The molecule has 0 spiro atoms. The smallest absolute Gasteiger partial charge is 0.321 e. The SMILES string of the molecule is CN=C(NCCN1CCCCC1)NCc1cccc(NC(=O)N2CCCC2)c1. The highest BCUT2D eigenvalue weighted by Crippen LogP contribution is 2.14. The zero-order chi connectivity index (χ0) is 19.6. The van der Waals surface area contributed by atoms with Crippen LogP contribution in [0.4, 0.5) is 10.5 Å². The lowest BCUT2D eigenvalue weighted by atomic mass is 10.1. The van der Waals surface area contributed by atoms with Gasteiger partial charge in [-0.2, -0.15) is 0 Å². The summed E-state index contributed by atoms with van der Waals surface area (Å²) in [6.45, 7) is 6.74. The lowest BCUT2D eigenvalue weighted by molar-refractivity contribution is 0.222. The highest BCUT2D eigenvalue weighted by molar-refractivity contribution is 5.89. The number of rotatable bonds is 6. The molecule has 0 radical (unpaired) electrons. The van der Waals surface area contributed by atoms with E-state index in [1.54, 1.807) is 7.05 Å². The molecule has 7 nitrogen and oxygen atoms in total. The van der Waals surface area contributed by atoms with Crippen molar-refractivity contribution >= 4 is 17.7 Å². The molecule has 1 aromatic carbocycles. The first-order valence-corrected chi connectivity index (χ1v) is 10.6. The van der Waals surface area contributed by atoms with E-state index in [9.17, 15) is 4.79 Å². The number of carbonyl (C=O) groups excluding carboxylic acids is 1. The van der Waals surface area contributed by atoms with Crippen LogP contribution < -0.4 is 16.0 Å². The maximum absolute atomic E-state index is 12.3. The second-order valence-electron chi connectivity index (χ2n) is 7.58. The van der Waals surface area contributed by atoms with E-state index in [1.165, 1.54) is 32.4 Å². The molecule has 1 aromatic rings. The fourth-order valence-corrected chi connectivity index (χ4v) is 3.80. The number of benzene rings is 1. The largest absolute Gasteiger partial charge is 0.355 e. The maximum atomic E-state index is 12.3. The van der Waals surface area contributed by atoms with Crippen molar-refractivity contribution in [3.63, 3.8) is 0 Å². The van der Waals surface area contributed by atoms with Crippen LogP contribution in [-0.4, -0.2) is 68.1 Å². The number of piperidine rings is 1. The van der Waals surface area contributed by atoms with Crippen LogP contribution in [0.3, 0.4) is 0 Å². The molecule has 2 aliphatic heterocycles. The number of amides is 2. The van der Waals surface area contributed by atoms with Crippen LogP contribution in [0.1, 0.15) is 37.7 Å². The molecular weight excluding hydrogens is 352 g/mol. The van der Waals surface area contributed by atoms with Crippen LogP contribution in [0.15, 0.2) is 29.3 Å². The van der Waals surface area contributed by atoms with Crippen molar-refractivity contribution in [2.75, 3.05) is 51.6 Å². The van der Waals surface area contributed by atoms with Crippen LogP contribution in [0, 0.1) is 0 Å². The van der Waals surface area contributed by atoms with E-state index < -0.39 is 0 Å². The van der Waals surface area contributed by atoms with Gasteiger partial charge in [-0.25, -0.2) is 4.79 Å². The van der Waals surface area contributed by atoms with E-state index in [-0.39, 0.29) is 6.03 Å². The summed E-state index contributed by atoms with van der Waals surface area (Å²) in [5, 5.41) is 9.75. The molecule has 7 heteroatoms. The molecule has 28 heavy (non-hydrogen) atoms. The molecule has 3 rings (SSSR count). The van der Waals surface area contributed by atoms with Gasteiger partial charge in [0.05, 0.1) is 0 Å². The number of aliphatic imine (C=N–C) groups is 1. The number of nitrogens with one attached hydrogen (secondary N) is 3. The molecule has 0 bridgehead atoms. The minimum absolute atomic E-state index is 0.00204. The fourth-order valence-electron chi connectivity index (χ4n) is 3.80. The standard InChI is InChI=1S/C21H34N6O/c1-22-20(23-10-15-26-11-3-2-4-12-26)24-17-18-8-7-9-19(16-18)25-21(28)27-13-5-6-14-27/h7-9,16H,2-6,10-15,17H2,1H3,(H,25,28)(H2,22,23,24). The third kappa shape index (κ3) is 6.41. The monoisotopic (exact) mass is 386 g/mol. The molecule has 0 saturated carbocycles. The number of likely N-dealkylation sites (tertiary alicyclic amines) is 2. The topological polar surface area (TPSA) is 72.0 Å². The highest BCUT2D eigenvalue weighted by atomic mass is 16.2. The lowest BCUT2D eigenvalue weighted by Gasteiger charge is -2.26. The Labute approximate surface area is 168 Å². The molecule has 2 heterocycles. The van der Waals surface area contributed by atoms with E-state index in [0.717, 1.165) is 56.2 Å². The number of hydrogen-bond acceptors (Lipinski definition) is 3. The van der Waals surface area contributed by atoms with Crippen molar-refractivity contribution in [3.8, 4) is 0 Å². The Morgan fingerprint density at radius 2 is 1.79 bits per heavy atom. The van der Waals surface area contributed by atoms with Gasteiger partial charge >= 0.3 is 6.03 Å². The van der Waals surface area contributed by atoms with Gasteiger partial charge in [0, 0.05) is 45.5 Å². The fraction of sp³-hybridized carbons (Fsp3) is 0.619. The summed E-state index contributed by atoms with van der Waals surface area (Å²) in [6.07, 6.45) is 6.20. The van der Waals surface area contributed by atoms with Crippen molar-refractivity contribution in [1.29, 1.82) is 0 Å². The predicted molar refractivity (Wildman–Crippen MR) is 115 cm³/mol. The first kappa shape index (κ1) is 20.5. The van der Waals surface area contributed by atoms with Gasteiger partial charge in [-0.15, -0.1) is 0 Å². The Morgan fingerprint density at radius 3 is 2.54 bits per heavy atom. The summed E-state index contributed by atoms with van der Waals surface area (Å²) < 4.78 is 0. The van der Waals surface area contributed by atoms with Crippen LogP contribution in [0.25, 0.3) is 0 Å².